The summed E-state index contributed by atoms with van der Waals surface area (Å²) in [6.07, 6.45) is 13.5. The van der Waals surface area contributed by atoms with E-state index < -0.39 is 0 Å². The largest absolute Gasteiger partial charge is 0.206 e. The first-order valence-electron chi connectivity index (χ1n) is 9.90. The third kappa shape index (κ3) is 4.00. The standard InChI is InChI=1S/C22H30FN/c1-2-3-16-4-6-17(7-5-16)18-8-10-19(11-9-18)20-12-13-21(15-24)22(23)14-20/h12-14,16-19H,2-11H2,1H3/t16?,17?,18-,19-. The van der Waals surface area contributed by atoms with Crippen molar-refractivity contribution in [1.29, 1.82) is 5.26 Å². The fourth-order valence-electron chi connectivity index (χ4n) is 5.16. The van der Waals surface area contributed by atoms with E-state index in [9.17, 15) is 4.39 Å². The second-order valence-electron chi connectivity index (χ2n) is 8.03. The molecule has 2 saturated carbocycles. The highest BCUT2D eigenvalue weighted by Gasteiger charge is 2.31. The highest BCUT2D eigenvalue weighted by molar-refractivity contribution is 5.34. The molecule has 130 valence electrons. The van der Waals surface area contributed by atoms with Gasteiger partial charge in [0, 0.05) is 0 Å². The van der Waals surface area contributed by atoms with Crippen molar-refractivity contribution >= 4 is 0 Å². The monoisotopic (exact) mass is 327 g/mol. The zero-order chi connectivity index (χ0) is 16.9. The van der Waals surface area contributed by atoms with Crippen molar-refractivity contribution in [2.24, 2.45) is 17.8 Å². The van der Waals surface area contributed by atoms with Crippen LogP contribution in [0.3, 0.4) is 0 Å². The number of nitrogens with zero attached hydrogens (tertiary/aromatic N) is 1. The van der Waals surface area contributed by atoms with Gasteiger partial charge in [0.15, 0.2) is 0 Å². The predicted octanol–water partition coefficient (Wildman–Crippen LogP) is 6.58. The smallest absolute Gasteiger partial charge is 0.141 e. The van der Waals surface area contributed by atoms with E-state index >= 15 is 0 Å². The zero-order valence-electron chi connectivity index (χ0n) is 14.9. The third-order valence-electron chi connectivity index (χ3n) is 6.61. The van der Waals surface area contributed by atoms with Crippen LogP contribution in [-0.4, -0.2) is 0 Å². The van der Waals surface area contributed by atoms with Crippen LogP contribution in [0, 0.1) is 34.9 Å². The van der Waals surface area contributed by atoms with E-state index in [-0.39, 0.29) is 11.4 Å². The maximum atomic E-state index is 13.8. The normalized spacial score (nSPS) is 30.7. The Balaban J connectivity index is 1.51. The Labute approximate surface area is 146 Å². The molecule has 0 saturated heterocycles. The number of rotatable bonds is 4. The molecule has 0 aromatic heterocycles. The van der Waals surface area contributed by atoms with Gasteiger partial charge in [0.2, 0.25) is 0 Å². The van der Waals surface area contributed by atoms with Crippen molar-refractivity contribution in [3.05, 3.63) is 35.1 Å². The minimum absolute atomic E-state index is 0.163. The predicted molar refractivity (Wildman–Crippen MR) is 96.2 cm³/mol. The van der Waals surface area contributed by atoms with Gasteiger partial charge in [-0.3, -0.25) is 0 Å². The molecule has 2 heteroatoms. The average molecular weight is 327 g/mol. The average Bonchev–Trinajstić information content (AvgIpc) is 2.63. The minimum Gasteiger partial charge on any atom is -0.206 e. The van der Waals surface area contributed by atoms with Crippen LogP contribution >= 0.6 is 0 Å². The molecule has 0 atom stereocenters. The molecule has 24 heavy (non-hydrogen) atoms. The summed E-state index contributed by atoms with van der Waals surface area (Å²) in [5, 5.41) is 8.86. The number of nitriles is 1. The fourth-order valence-corrected chi connectivity index (χ4v) is 5.16. The van der Waals surface area contributed by atoms with E-state index in [2.05, 4.69) is 6.92 Å². The second kappa shape index (κ2) is 8.15. The van der Waals surface area contributed by atoms with E-state index in [1.807, 2.05) is 12.1 Å². The van der Waals surface area contributed by atoms with Gasteiger partial charge in [-0.15, -0.1) is 0 Å². The molecule has 0 N–H and O–H groups in total. The third-order valence-corrected chi connectivity index (χ3v) is 6.61. The number of hydrogen-bond acceptors (Lipinski definition) is 1. The van der Waals surface area contributed by atoms with E-state index in [1.165, 1.54) is 64.2 Å². The van der Waals surface area contributed by atoms with Gasteiger partial charge in [0.25, 0.3) is 0 Å². The van der Waals surface area contributed by atoms with Gasteiger partial charge < -0.3 is 0 Å². The van der Waals surface area contributed by atoms with Crippen molar-refractivity contribution in [2.75, 3.05) is 0 Å². The molecule has 1 aromatic rings. The molecule has 3 rings (SSSR count). The molecule has 0 unspecified atom stereocenters. The zero-order valence-corrected chi connectivity index (χ0v) is 14.9. The highest BCUT2D eigenvalue weighted by atomic mass is 19.1. The van der Waals surface area contributed by atoms with E-state index in [0.717, 1.165) is 23.3 Å². The first-order chi connectivity index (χ1) is 11.7. The molecule has 1 aromatic carbocycles. The van der Waals surface area contributed by atoms with Gasteiger partial charge in [-0.2, -0.15) is 5.26 Å². The molecule has 0 bridgehead atoms. The quantitative estimate of drug-likeness (QED) is 0.613. The Hall–Kier alpha value is -1.36. The Morgan fingerprint density at radius 3 is 2.17 bits per heavy atom. The summed E-state index contributed by atoms with van der Waals surface area (Å²) in [4.78, 5) is 0. The molecule has 2 fully saturated rings. The summed E-state index contributed by atoms with van der Waals surface area (Å²) in [5.74, 6) is 2.96. The fraction of sp³-hybridized carbons (Fsp3) is 0.682. The number of hydrogen-bond donors (Lipinski definition) is 0. The maximum Gasteiger partial charge on any atom is 0.141 e. The van der Waals surface area contributed by atoms with Gasteiger partial charge in [0.05, 0.1) is 5.56 Å². The SMILES string of the molecule is CCCC1CCC([C@H]2CC[C@H](c3ccc(C#N)c(F)c3)CC2)CC1. The van der Waals surface area contributed by atoms with Crippen LogP contribution in [0.4, 0.5) is 4.39 Å². The van der Waals surface area contributed by atoms with Crippen molar-refractivity contribution in [3.63, 3.8) is 0 Å². The van der Waals surface area contributed by atoms with E-state index in [0.29, 0.717) is 5.92 Å². The Morgan fingerprint density at radius 1 is 1.00 bits per heavy atom. The summed E-state index contributed by atoms with van der Waals surface area (Å²) < 4.78 is 13.8. The number of halogens is 1. The summed E-state index contributed by atoms with van der Waals surface area (Å²) in [6.45, 7) is 2.30. The number of benzene rings is 1. The summed E-state index contributed by atoms with van der Waals surface area (Å²) >= 11 is 0. The summed E-state index contributed by atoms with van der Waals surface area (Å²) in [7, 11) is 0. The van der Waals surface area contributed by atoms with Crippen molar-refractivity contribution in [2.45, 2.75) is 77.0 Å². The second-order valence-corrected chi connectivity index (χ2v) is 8.03. The topological polar surface area (TPSA) is 23.8 Å². The Bertz CT molecular complexity index is 572. The van der Waals surface area contributed by atoms with Crippen LogP contribution in [-0.2, 0) is 0 Å². The molecule has 0 amide bonds. The summed E-state index contributed by atoms with van der Waals surface area (Å²) in [5.41, 5.74) is 1.26. The Kier molecular flexibility index (Phi) is 5.93. The molecule has 2 aliphatic rings. The van der Waals surface area contributed by atoms with Gasteiger partial charge in [-0.25, -0.2) is 4.39 Å². The summed E-state index contributed by atoms with van der Waals surface area (Å²) in [6, 6.07) is 7.12. The first kappa shape index (κ1) is 17.5. The van der Waals surface area contributed by atoms with Crippen LogP contribution in [0.1, 0.15) is 88.2 Å². The van der Waals surface area contributed by atoms with Crippen molar-refractivity contribution in [1.82, 2.24) is 0 Å². The van der Waals surface area contributed by atoms with Gasteiger partial charge in [-0.1, -0.05) is 38.7 Å². The lowest BCUT2D eigenvalue weighted by Gasteiger charge is -2.38. The first-order valence-corrected chi connectivity index (χ1v) is 9.90. The minimum atomic E-state index is -0.355. The van der Waals surface area contributed by atoms with Crippen LogP contribution in [0.2, 0.25) is 0 Å². The van der Waals surface area contributed by atoms with E-state index in [1.54, 1.807) is 12.1 Å². The highest BCUT2D eigenvalue weighted by Crippen LogP contribution is 2.44. The molecule has 0 spiro atoms. The van der Waals surface area contributed by atoms with Crippen LogP contribution in [0.15, 0.2) is 18.2 Å². The molecule has 2 aliphatic carbocycles. The molecule has 0 heterocycles. The molecule has 0 radical (unpaired) electrons. The van der Waals surface area contributed by atoms with Crippen molar-refractivity contribution < 1.29 is 4.39 Å². The van der Waals surface area contributed by atoms with Crippen LogP contribution < -0.4 is 0 Å². The lowest BCUT2D eigenvalue weighted by atomic mass is 9.68. The lowest BCUT2D eigenvalue weighted by Crippen LogP contribution is -2.25. The Morgan fingerprint density at radius 2 is 1.62 bits per heavy atom. The lowest BCUT2D eigenvalue weighted by molar-refractivity contribution is 0.156. The van der Waals surface area contributed by atoms with Gasteiger partial charge in [-0.05, 0) is 79.9 Å². The van der Waals surface area contributed by atoms with Gasteiger partial charge in [0.1, 0.15) is 11.9 Å². The van der Waals surface area contributed by atoms with Gasteiger partial charge >= 0.3 is 0 Å². The van der Waals surface area contributed by atoms with E-state index in [4.69, 9.17) is 5.26 Å². The molecular weight excluding hydrogens is 297 g/mol. The van der Waals surface area contributed by atoms with Crippen molar-refractivity contribution in [3.8, 4) is 6.07 Å². The maximum absolute atomic E-state index is 13.8. The van der Waals surface area contributed by atoms with Crippen LogP contribution in [0.5, 0.6) is 0 Å². The van der Waals surface area contributed by atoms with Crippen LogP contribution in [0.25, 0.3) is 0 Å². The molecular formula is C22H30FN. The molecule has 1 nitrogen and oxygen atoms in total. The molecule has 0 aliphatic heterocycles.